The Hall–Kier alpha value is -2.16. The number of carboxylic acid groups (broad SMARTS) is 1. The first-order chi connectivity index (χ1) is 12.1. The molecule has 146 valence electrons. The molecule has 2 aliphatic rings. The average Bonchev–Trinajstić information content (AvgIpc) is 3.28. The summed E-state index contributed by atoms with van der Waals surface area (Å²) in [5.74, 6) is -2.77. The summed E-state index contributed by atoms with van der Waals surface area (Å²) < 4.78 is 4.98. The van der Waals surface area contributed by atoms with Gasteiger partial charge in [-0.2, -0.15) is 0 Å². The summed E-state index contributed by atoms with van der Waals surface area (Å²) in [4.78, 5) is 46.8. The van der Waals surface area contributed by atoms with Gasteiger partial charge in [0.1, 0.15) is 12.0 Å². The predicted octanol–water partition coefficient (Wildman–Crippen LogP) is -0.614. The summed E-state index contributed by atoms with van der Waals surface area (Å²) >= 11 is 0. The molecule has 0 bridgehead atoms. The highest BCUT2D eigenvalue weighted by Crippen LogP contribution is 2.37. The molecule has 0 aromatic carbocycles. The number of nitrogens with two attached hydrogens (primary N) is 1. The third-order valence-corrected chi connectivity index (χ3v) is 5.17. The Morgan fingerprint density at radius 3 is 2.50 bits per heavy atom. The molecule has 1 saturated carbocycles. The second-order valence-corrected chi connectivity index (χ2v) is 7.30. The van der Waals surface area contributed by atoms with E-state index in [-0.39, 0.29) is 36.2 Å². The molecule has 5 N–H and O–H groups in total. The molecule has 7 atom stereocenters. The van der Waals surface area contributed by atoms with Gasteiger partial charge in [-0.25, -0.2) is 4.79 Å². The van der Waals surface area contributed by atoms with E-state index in [0.717, 1.165) is 6.42 Å². The van der Waals surface area contributed by atoms with Gasteiger partial charge < -0.3 is 26.2 Å². The van der Waals surface area contributed by atoms with Crippen LogP contribution in [-0.4, -0.2) is 53.1 Å². The molecule has 2 rings (SSSR count). The van der Waals surface area contributed by atoms with Crippen LogP contribution in [0.5, 0.6) is 0 Å². The Balaban J connectivity index is 1.82. The maximum Gasteiger partial charge on any atom is 0.326 e. The number of hydrogen-bond donors (Lipinski definition) is 4. The van der Waals surface area contributed by atoms with Crippen LogP contribution in [0.2, 0.25) is 0 Å². The molecule has 0 aromatic heterocycles. The molecule has 26 heavy (non-hydrogen) atoms. The SMILES string of the molecule is CC[C@H](C)C1C(=O)O[C@H]1C(=O)N[C@@H]1C[C@H]1C[C@H](NC(=O)[C@H](C)N)C(=O)O. The van der Waals surface area contributed by atoms with E-state index in [1.807, 2.05) is 13.8 Å². The number of rotatable bonds is 9. The van der Waals surface area contributed by atoms with E-state index in [9.17, 15) is 24.3 Å². The minimum absolute atomic E-state index is 0.0498. The number of esters is 1. The molecule has 9 nitrogen and oxygen atoms in total. The minimum atomic E-state index is -1.14. The Kier molecular flexibility index (Phi) is 6.22. The van der Waals surface area contributed by atoms with Crippen LogP contribution >= 0.6 is 0 Å². The summed E-state index contributed by atoms with van der Waals surface area (Å²) in [5, 5.41) is 14.4. The smallest absolute Gasteiger partial charge is 0.326 e. The van der Waals surface area contributed by atoms with E-state index in [0.29, 0.717) is 6.42 Å². The number of ether oxygens (including phenoxy) is 1. The zero-order valence-electron chi connectivity index (χ0n) is 15.2. The van der Waals surface area contributed by atoms with Crippen LogP contribution in [0.25, 0.3) is 0 Å². The first-order valence-electron chi connectivity index (χ1n) is 8.95. The Bertz CT molecular complexity index is 593. The van der Waals surface area contributed by atoms with Gasteiger partial charge >= 0.3 is 11.9 Å². The highest BCUT2D eigenvalue weighted by molar-refractivity contribution is 5.94. The number of nitrogens with one attached hydrogen (secondary N) is 2. The number of cyclic esters (lactones) is 1. The number of carboxylic acids is 1. The monoisotopic (exact) mass is 369 g/mol. The summed E-state index contributed by atoms with van der Waals surface area (Å²) in [6.45, 7) is 5.33. The van der Waals surface area contributed by atoms with Crippen molar-refractivity contribution in [1.29, 1.82) is 0 Å². The maximum atomic E-state index is 12.3. The zero-order valence-corrected chi connectivity index (χ0v) is 15.2. The van der Waals surface area contributed by atoms with Gasteiger partial charge in [-0.3, -0.25) is 14.4 Å². The van der Waals surface area contributed by atoms with Crippen LogP contribution in [-0.2, 0) is 23.9 Å². The number of aliphatic carboxylic acids is 1. The lowest BCUT2D eigenvalue weighted by Gasteiger charge is -2.37. The van der Waals surface area contributed by atoms with Gasteiger partial charge in [0, 0.05) is 6.04 Å². The van der Waals surface area contributed by atoms with Gasteiger partial charge in [0.25, 0.3) is 5.91 Å². The lowest BCUT2D eigenvalue weighted by Crippen LogP contribution is -2.56. The number of carbonyl (C=O) groups is 4. The van der Waals surface area contributed by atoms with Crippen molar-refractivity contribution in [2.75, 3.05) is 0 Å². The molecule has 2 fully saturated rings. The van der Waals surface area contributed by atoms with E-state index in [2.05, 4.69) is 10.6 Å². The standard InChI is InChI=1S/C17H27N3O6/c1-4-7(2)12-13(26-17(12)25)15(22)19-10-5-9(10)6-11(16(23)24)20-14(21)8(3)18/h7-13H,4-6,18H2,1-3H3,(H,19,22)(H,20,21)(H,23,24)/t7-,8-,9-,10+,11-,12?,13+/m0/s1. The maximum absolute atomic E-state index is 12.3. The Morgan fingerprint density at radius 1 is 1.35 bits per heavy atom. The van der Waals surface area contributed by atoms with Crippen LogP contribution in [0.3, 0.4) is 0 Å². The lowest BCUT2D eigenvalue weighted by molar-refractivity contribution is -0.193. The molecule has 1 heterocycles. The topological polar surface area (TPSA) is 148 Å². The van der Waals surface area contributed by atoms with Crippen LogP contribution in [0.1, 0.15) is 40.0 Å². The molecule has 0 spiro atoms. The third-order valence-electron chi connectivity index (χ3n) is 5.17. The predicted molar refractivity (Wildman–Crippen MR) is 90.7 cm³/mol. The lowest BCUT2D eigenvalue weighted by atomic mass is 9.83. The summed E-state index contributed by atoms with van der Waals surface area (Å²) in [6, 6.07) is -2.01. The fraction of sp³-hybridized carbons (Fsp3) is 0.765. The second-order valence-electron chi connectivity index (χ2n) is 7.30. The molecule has 0 radical (unpaired) electrons. The fourth-order valence-electron chi connectivity index (χ4n) is 3.11. The van der Waals surface area contributed by atoms with E-state index in [1.165, 1.54) is 6.92 Å². The molecular weight excluding hydrogens is 342 g/mol. The van der Waals surface area contributed by atoms with E-state index in [4.69, 9.17) is 10.5 Å². The van der Waals surface area contributed by atoms with E-state index in [1.54, 1.807) is 0 Å². The number of hydrogen-bond acceptors (Lipinski definition) is 6. The average molecular weight is 369 g/mol. The minimum Gasteiger partial charge on any atom is -0.480 e. The fourth-order valence-corrected chi connectivity index (χ4v) is 3.11. The molecule has 0 aromatic rings. The molecule has 2 amide bonds. The van der Waals surface area contributed by atoms with Crippen molar-refractivity contribution in [3.63, 3.8) is 0 Å². The first-order valence-corrected chi connectivity index (χ1v) is 8.95. The van der Waals surface area contributed by atoms with E-state index < -0.39 is 36.0 Å². The Morgan fingerprint density at radius 2 is 2.00 bits per heavy atom. The second kappa shape index (κ2) is 8.03. The highest BCUT2D eigenvalue weighted by Gasteiger charge is 2.51. The normalized spacial score (nSPS) is 30.2. The van der Waals surface area contributed by atoms with Crippen molar-refractivity contribution < 1.29 is 29.0 Å². The van der Waals surface area contributed by atoms with Crippen LogP contribution in [0.4, 0.5) is 0 Å². The molecular formula is C17H27N3O6. The number of amides is 2. The van der Waals surface area contributed by atoms with Gasteiger partial charge in [-0.05, 0) is 31.6 Å². The molecule has 1 saturated heterocycles. The highest BCUT2D eigenvalue weighted by atomic mass is 16.6. The first kappa shape index (κ1) is 20.2. The van der Waals surface area contributed by atoms with Crippen molar-refractivity contribution >= 4 is 23.8 Å². The molecule has 1 unspecified atom stereocenters. The molecule has 1 aliphatic carbocycles. The summed E-state index contributed by atoms with van der Waals surface area (Å²) in [5.41, 5.74) is 5.44. The van der Waals surface area contributed by atoms with Crippen molar-refractivity contribution in [2.24, 2.45) is 23.5 Å². The number of carbonyl (C=O) groups excluding carboxylic acids is 3. The van der Waals surface area contributed by atoms with Gasteiger partial charge in [-0.1, -0.05) is 20.3 Å². The van der Waals surface area contributed by atoms with Crippen molar-refractivity contribution in [3.8, 4) is 0 Å². The molecule has 1 aliphatic heterocycles. The van der Waals surface area contributed by atoms with Crippen LogP contribution < -0.4 is 16.4 Å². The Labute approximate surface area is 152 Å². The van der Waals surface area contributed by atoms with Crippen LogP contribution in [0.15, 0.2) is 0 Å². The van der Waals surface area contributed by atoms with Crippen molar-refractivity contribution in [3.05, 3.63) is 0 Å². The van der Waals surface area contributed by atoms with Crippen LogP contribution in [0, 0.1) is 17.8 Å². The van der Waals surface area contributed by atoms with Gasteiger partial charge in [0.05, 0.1) is 6.04 Å². The van der Waals surface area contributed by atoms with Gasteiger partial charge in [-0.15, -0.1) is 0 Å². The third kappa shape index (κ3) is 4.51. The quantitative estimate of drug-likeness (QED) is 0.396. The summed E-state index contributed by atoms with van der Waals surface area (Å²) in [6.07, 6.45) is 0.831. The van der Waals surface area contributed by atoms with Crippen molar-refractivity contribution in [1.82, 2.24) is 10.6 Å². The largest absolute Gasteiger partial charge is 0.480 e. The summed E-state index contributed by atoms with van der Waals surface area (Å²) in [7, 11) is 0. The van der Waals surface area contributed by atoms with Gasteiger partial charge in [0.15, 0.2) is 6.10 Å². The van der Waals surface area contributed by atoms with E-state index >= 15 is 0 Å². The van der Waals surface area contributed by atoms with Crippen molar-refractivity contribution in [2.45, 2.75) is 64.3 Å². The van der Waals surface area contributed by atoms with Gasteiger partial charge in [0.2, 0.25) is 5.91 Å². The molecule has 9 heteroatoms. The zero-order chi connectivity index (χ0) is 19.6.